The molecular weight excluding hydrogens is 318 g/mol. The van der Waals surface area contributed by atoms with Gasteiger partial charge in [-0.1, -0.05) is 18.2 Å². The van der Waals surface area contributed by atoms with E-state index in [4.69, 9.17) is 10.5 Å². The number of urea groups is 1. The molecule has 128 valence electrons. The Hall–Kier alpha value is -2.67. The van der Waals surface area contributed by atoms with Gasteiger partial charge in [0.15, 0.2) is 11.6 Å². The Bertz CT molecular complexity index is 722. The van der Waals surface area contributed by atoms with Gasteiger partial charge in [0.1, 0.15) is 11.9 Å². The van der Waals surface area contributed by atoms with E-state index in [1.807, 2.05) is 0 Å². The minimum absolute atomic E-state index is 0.00587. The van der Waals surface area contributed by atoms with Gasteiger partial charge >= 0.3 is 6.03 Å². The molecule has 0 aliphatic rings. The van der Waals surface area contributed by atoms with Gasteiger partial charge in [0.2, 0.25) is 0 Å². The van der Waals surface area contributed by atoms with Gasteiger partial charge in [-0.25, -0.2) is 13.6 Å². The van der Waals surface area contributed by atoms with Crippen LogP contribution in [0.25, 0.3) is 0 Å². The number of nitrogens with two attached hydrogens (primary N) is 1. The number of halogens is 2. The second-order valence-electron chi connectivity index (χ2n) is 5.36. The number of ether oxygens (including phenoxy) is 1. The van der Waals surface area contributed by atoms with Crippen LogP contribution in [-0.4, -0.2) is 16.3 Å². The molecule has 0 heterocycles. The van der Waals surface area contributed by atoms with Gasteiger partial charge < -0.3 is 10.5 Å². The normalized spacial score (nSPS) is 13.2. The molecule has 0 aliphatic heterocycles. The fourth-order valence-electron chi connectivity index (χ4n) is 2.20. The molecule has 3 N–H and O–H groups in total. The number of benzene rings is 2. The summed E-state index contributed by atoms with van der Waals surface area (Å²) in [5, 5.41) is 9.82. The lowest BCUT2D eigenvalue weighted by Crippen LogP contribution is -2.34. The van der Waals surface area contributed by atoms with Crippen LogP contribution in [-0.2, 0) is 0 Å². The third-order valence-corrected chi connectivity index (χ3v) is 3.67. The smallest absolute Gasteiger partial charge is 0.339 e. The standard InChI is InChI=1S/C17H18F2N2O3/c1-10(21(23)17(20)22)13-5-8-16(15(19)9-13)24-11(2)12-3-6-14(18)7-4-12/h3-11,23H,1-2H3,(H2,20,22). The summed E-state index contributed by atoms with van der Waals surface area (Å²) in [5.41, 5.74) is 6.03. The molecule has 0 aromatic heterocycles. The van der Waals surface area contributed by atoms with Crippen LogP contribution >= 0.6 is 0 Å². The van der Waals surface area contributed by atoms with Crippen LogP contribution in [0.4, 0.5) is 13.6 Å². The van der Waals surface area contributed by atoms with Crippen LogP contribution in [0, 0.1) is 11.6 Å². The molecule has 0 radical (unpaired) electrons. The molecule has 2 atom stereocenters. The molecule has 5 nitrogen and oxygen atoms in total. The first-order chi connectivity index (χ1) is 11.3. The van der Waals surface area contributed by atoms with E-state index in [9.17, 15) is 18.8 Å². The predicted octanol–water partition coefficient (Wildman–Crippen LogP) is 3.94. The molecular formula is C17H18F2N2O3. The summed E-state index contributed by atoms with van der Waals surface area (Å²) in [6, 6.07) is 7.96. The van der Waals surface area contributed by atoms with Crippen LogP contribution in [0.5, 0.6) is 5.75 Å². The fourth-order valence-corrected chi connectivity index (χ4v) is 2.20. The second-order valence-corrected chi connectivity index (χ2v) is 5.36. The minimum Gasteiger partial charge on any atom is -0.483 e. The lowest BCUT2D eigenvalue weighted by molar-refractivity contribution is -0.0710. The maximum Gasteiger partial charge on any atom is 0.339 e. The Labute approximate surface area is 138 Å². The number of carbonyl (C=O) groups is 1. The zero-order chi connectivity index (χ0) is 17.9. The highest BCUT2D eigenvalue weighted by atomic mass is 19.1. The summed E-state index contributed by atoms with van der Waals surface area (Å²) in [6.45, 7) is 3.22. The van der Waals surface area contributed by atoms with E-state index in [0.29, 0.717) is 16.2 Å². The number of amides is 2. The van der Waals surface area contributed by atoms with Gasteiger partial charge in [-0.2, -0.15) is 5.06 Å². The quantitative estimate of drug-likeness (QED) is 0.641. The van der Waals surface area contributed by atoms with Gasteiger partial charge in [0.05, 0.1) is 6.04 Å². The largest absolute Gasteiger partial charge is 0.483 e. The van der Waals surface area contributed by atoms with Crippen molar-refractivity contribution >= 4 is 6.03 Å². The van der Waals surface area contributed by atoms with Gasteiger partial charge in [-0.15, -0.1) is 0 Å². The Morgan fingerprint density at radius 3 is 2.25 bits per heavy atom. The monoisotopic (exact) mass is 336 g/mol. The van der Waals surface area contributed by atoms with E-state index in [0.717, 1.165) is 6.07 Å². The van der Waals surface area contributed by atoms with E-state index < -0.39 is 24.0 Å². The Balaban J connectivity index is 2.15. The highest BCUT2D eigenvalue weighted by Gasteiger charge is 2.19. The SMILES string of the molecule is CC(Oc1ccc(C(C)N(O)C(N)=O)cc1F)c1ccc(F)cc1. The maximum absolute atomic E-state index is 14.2. The number of rotatable bonds is 5. The first-order valence-corrected chi connectivity index (χ1v) is 7.28. The Morgan fingerprint density at radius 2 is 1.71 bits per heavy atom. The molecule has 0 saturated carbocycles. The Kier molecular flexibility index (Phi) is 5.35. The predicted molar refractivity (Wildman–Crippen MR) is 83.5 cm³/mol. The third kappa shape index (κ3) is 3.99. The van der Waals surface area contributed by atoms with Gasteiger partial charge in [-0.05, 0) is 49.2 Å². The van der Waals surface area contributed by atoms with Crippen molar-refractivity contribution in [2.45, 2.75) is 26.0 Å². The van der Waals surface area contributed by atoms with Crippen molar-refractivity contribution in [3.8, 4) is 5.75 Å². The zero-order valence-electron chi connectivity index (χ0n) is 13.2. The van der Waals surface area contributed by atoms with Crippen molar-refractivity contribution in [3.63, 3.8) is 0 Å². The number of nitrogens with zero attached hydrogens (tertiary/aromatic N) is 1. The number of carbonyl (C=O) groups excluding carboxylic acids is 1. The topological polar surface area (TPSA) is 75.8 Å². The van der Waals surface area contributed by atoms with Crippen LogP contribution < -0.4 is 10.5 Å². The average Bonchev–Trinajstić information content (AvgIpc) is 2.55. The number of hydrogen-bond donors (Lipinski definition) is 2. The number of primary amides is 1. The first kappa shape index (κ1) is 17.7. The van der Waals surface area contributed by atoms with Gasteiger partial charge in [-0.3, -0.25) is 5.21 Å². The molecule has 0 aliphatic carbocycles. The van der Waals surface area contributed by atoms with Crippen molar-refractivity contribution < 1.29 is 23.5 Å². The summed E-state index contributed by atoms with van der Waals surface area (Å²) < 4.78 is 32.7. The second kappa shape index (κ2) is 7.27. The van der Waals surface area contributed by atoms with Crippen molar-refractivity contribution in [2.75, 3.05) is 0 Å². The van der Waals surface area contributed by atoms with Crippen LogP contribution in [0.2, 0.25) is 0 Å². The number of hydroxylamine groups is 2. The van der Waals surface area contributed by atoms with E-state index >= 15 is 0 Å². The Morgan fingerprint density at radius 1 is 1.12 bits per heavy atom. The highest BCUT2D eigenvalue weighted by Crippen LogP contribution is 2.28. The van der Waals surface area contributed by atoms with Gasteiger partial charge in [0.25, 0.3) is 0 Å². The molecule has 0 spiro atoms. The average molecular weight is 336 g/mol. The summed E-state index contributed by atoms with van der Waals surface area (Å²) in [5.74, 6) is -1.00. The number of hydrogen-bond acceptors (Lipinski definition) is 3. The van der Waals surface area contributed by atoms with E-state index in [1.54, 1.807) is 19.1 Å². The molecule has 0 fully saturated rings. The molecule has 0 saturated heterocycles. The van der Waals surface area contributed by atoms with E-state index in [1.165, 1.54) is 31.2 Å². The van der Waals surface area contributed by atoms with Crippen molar-refractivity contribution in [1.82, 2.24) is 5.06 Å². The maximum atomic E-state index is 14.2. The zero-order valence-corrected chi connectivity index (χ0v) is 13.2. The van der Waals surface area contributed by atoms with Crippen molar-refractivity contribution in [1.29, 1.82) is 0 Å². The lowest BCUT2D eigenvalue weighted by Gasteiger charge is -2.22. The molecule has 7 heteroatoms. The minimum atomic E-state index is -1.03. The van der Waals surface area contributed by atoms with Gasteiger partial charge in [0, 0.05) is 0 Å². The van der Waals surface area contributed by atoms with E-state index in [2.05, 4.69) is 0 Å². The third-order valence-electron chi connectivity index (χ3n) is 3.67. The molecule has 0 bridgehead atoms. The highest BCUT2D eigenvalue weighted by molar-refractivity contribution is 5.71. The lowest BCUT2D eigenvalue weighted by atomic mass is 10.1. The molecule has 2 unspecified atom stereocenters. The molecule has 24 heavy (non-hydrogen) atoms. The van der Waals surface area contributed by atoms with Crippen LogP contribution in [0.15, 0.2) is 42.5 Å². The molecule has 2 rings (SSSR count). The molecule has 2 amide bonds. The summed E-state index contributed by atoms with van der Waals surface area (Å²) in [6.07, 6.45) is -0.483. The summed E-state index contributed by atoms with van der Waals surface area (Å²) in [4.78, 5) is 10.9. The van der Waals surface area contributed by atoms with Crippen LogP contribution in [0.1, 0.15) is 37.1 Å². The van der Waals surface area contributed by atoms with Crippen molar-refractivity contribution in [3.05, 3.63) is 65.2 Å². The summed E-state index contributed by atoms with van der Waals surface area (Å²) >= 11 is 0. The fraction of sp³-hybridized carbons (Fsp3) is 0.235. The first-order valence-electron chi connectivity index (χ1n) is 7.28. The van der Waals surface area contributed by atoms with Crippen LogP contribution in [0.3, 0.4) is 0 Å². The summed E-state index contributed by atoms with van der Waals surface area (Å²) in [7, 11) is 0. The molecule has 2 aromatic rings. The molecule has 2 aromatic carbocycles. The van der Waals surface area contributed by atoms with E-state index in [-0.39, 0.29) is 11.6 Å². The van der Waals surface area contributed by atoms with Crippen molar-refractivity contribution in [2.24, 2.45) is 5.73 Å².